The van der Waals surface area contributed by atoms with Crippen LogP contribution in [0.3, 0.4) is 0 Å². The molecule has 0 radical (unpaired) electrons. The smallest absolute Gasteiger partial charge is 0.297 e. The van der Waals surface area contributed by atoms with Gasteiger partial charge in [0.1, 0.15) is 11.0 Å². The number of hydrogen-bond acceptors (Lipinski definition) is 2. The van der Waals surface area contributed by atoms with E-state index in [-0.39, 0.29) is 25.9 Å². The first-order chi connectivity index (χ1) is 9.86. The van der Waals surface area contributed by atoms with Crippen molar-refractivity contribution < 1.29 is 4.39 Å². The van der Waals surface area contributed by atoms with E-state index in [1.165, 1.54) is 0 Å². The van der Waals surface area contributed by atoms with Crippen molar-refractivity contribution in [1.29, 1.82) is 0 Å². The molecule has 1 N–H and O–H groups in total. The summed E-state index contributed by atoms with van der Waals surface area (Å²) in [4.78, 5) is 26.9. The van der Waals surface area contributed by atoms with Crippen molar-refractivity contribution in [3.63, 3.8) is 0 Å². The molecule has 0 aliphatic heterocycles. The average Bonchev–Trinajstić information content (AvgIpc) is 2.37. The highest BCUT2D eigenvalue weighted by Gasteiger charge is 2.18. The van der Waals surface area contributed by atoms with Crippen molar-refractivity contribution in [2.45, 2.75) is 19.8 Å². The van der Waals surface area contributed by atoms with E-state index in [0.717, 1.165) is 16.7 Å². The quantitative estimate of drug-likeness (QED) is 0.805. The highest BCUT2D eigenvalue weighted by Crippen LogP contribution is 2.28. The molecule has 1 heterocycles. The lowest BCUT2D eigenvalue weighted by atomic mass is 10.2. The molecule has 0 spiro atoms. The van der Waals surface area contributed by atoms with Crippen LogP contribution in [0.15, 0.2) is 26.2 Å². The summed E-state index contributed by atoms with van der Waals surface area (Å²) >= 11 is 15.0. The maximum absolute atomic E-state index is 13.3. The fourth-order valence-corrected chi connectivity index (χ4v) is 3.23. The Labute approximate surface area is 137 Å². The second-order valence-corrected chi connectivity index (χ2v) is 5.97. The summed E-state index contributed by atoms with van der Waals surface area (Å²) in [5.74, 6) is -0.581. The largest absolute Gasteiger partial charge is 0.334 e. The Kier molecular flexibility index (Phi) is 4.91. The molecule has 8 heteroatoms. The molecule has 2 aromatic rings. The molecule has 1 aromatic carbocycles. The molecule has 0 aliphatic rings. The first-order valence-electron chi connectivity index (χ1n) is 6.05. The number of nitrogens with zero attached hydrogens (tertiary/aromatic N) is 1. The normalized spacial score (nSPS) is 10.9. The van der Waals surface area contributed by atoms with E-state index in [1.54, 1.807) is 0 Å². The van der Waals surface area contributed by atoms with Crippen molar-refractivity contribution in [2.24, 2.45) is 0 Å². The average molecular weight is 396 g/mol. The van der Waals surface area contributed by atoms with Crippen molar-refractivity contribution in [2.75, 3.05) is 0 Å². The molecular weight excluding hydrogens is 386 g/mol. The summed E-state index contributed by atoms with van der Waals surface area (Å²) in [7, 11) is 0. The number of aromatic amines is 1. The van der Waals surface area contributed by atoms with Crippen molar-refractivity contribution in [1.82, 2.24) is 9.55 Å². The summed E-state index contributed by atoms with van der Waals surface area (Å²) in [6.07, 6.45) is 1.09. The van der Waals surface area contributed by atoms with Crippen molar-refractivity contribution >= 4 is 39.1 Å². The second kappa shape index (κ2) is 6.34. The van der Waals surface area contributed by atoms with E-state index >= 15 is 0 Å². The predicted molar refractivity (Wildman–Crippen MR) is 84.3 cm³/mol. The van der Waals surface area contributed by atoms with Gasteiger partial charge in [-0.1, -0.05) is 36.5 Å². The summed E-state index contributed by atoms with van der Waals surface area (Å²) < 4.78 is 14.3. The van der Waals surface area contributed by atoms with Crippen LogP contribution in [0.1, 0.15) is 18.9 Å². The van der Waals surface area contributed by atoms with E-state index in [2.05, 4.69) is 20.9 Å². The molecule has 0 saturated carbocycles. The molecular formula is C13H10BrCl2FN2O2. The monoisotopic (exact) mass is 394 g/mol. The molecule has 0 unspecified atom stereocenters. The molecule has 0 fully saturated rings. The van der Waals surface area contributed by atoms with E-state index in [4.69, 9.17) is 23.2 Å². The van der Waals surface area contributed by atoms with Gasteiger partial charge in [-0.15, -0.1) is 0 Å². The Morgan fingerprint density at radius 1 is 1.33 bits per heavy atom. The molecule has 0 bridgehead atoms. The zero-order valence-corrected chi connectivity index (χ0v) is 13.9. The summed E-state index contributed by atoms with van der Waals surface area (Å²) in [6, 6.07) is 2.16. The third-order valence-electron chi connectivity index (χ3n) is 2.85. The molecule has 2 rings (SSSR count). The van der Waals surface area contributed by atoms with Gasteiger partial charge in [0, 0.05) is 4.47 Å². The predicted octanol–water partition coefficient (Wildman–Crippen LogP) is 3.69. The van der Waals surface area contributed by atoms with Gasteiger partial charge in [0.2, 0.25) is 0 Å². The van der Waals surface area contributed by atoms with Gasteiger partial charge >= 0.3 is 5.69 Å². The Morgan fingerprint density at radius 2 is 2.00 bits per heavy atom. The zero-order valence-electron chi connectivity index (χ0n) is 10.8. The maximum Gasteiger partial charge on any atom is 0.334 e. The molecule has 0 saturated heterocycles. The summed E-state index contributed by atoms with van der Waals surface area (Å²) in [5.41, 5.74) is -0.941. The van der Waals surface area contributed by atoms with Crippen molar-refractivity contribution in [3.8, 4) is 5.69 Å². The number of aromatic nitrogens is 2. The first-order valence-corrected chi connectivity index (χ1v) is 7.60. The van der Waals surface area contributed by atoms with Gasteiger partial charge in [0.05, 0.1) is 16.3 Å². The van der Waals surface area contributed by atoms with Gasteiger partial charge in [0.15, 0.2) is 0 Å². The first kappa shape index (κ1) is 16.3. The minimum atomic E-state index is -0.737. The molecule has 1 aromatic heterocycles. The van der Waals surface area contributed by atoms with Gasteiger partial charge in [-0.25, -0.2) is 13.8 Å². The van der Waals surface area contributed by atoms with Gasteiger partial charge in [-0.3, -0.25) is 9.78 Å². The summed E-state index contributed by atoms with van der Waals surface area (Å²) in [6.45, 7) is 1.88. The molecule has 0 aliphatic carbocycles. The van der Waals surface area contributed by atoms with E-state index in [1.807, 2.05) is 6.92 Å². The highest BCUT2D eigenvalue weighted by molar-refractivity contribution is 9.10. The Balaban J connectivity index is 2.86. The van der Waals surface area contributed by atoms with Crippen LogP contribution in [0.5, 0.6) is 0 Å². The lowest BCUT2D eigenvalue weighted by Gasteiger charge is -2.12. The topological polar surface area (TPSA) is 54.9 Å². The standard InChI is InChI=1S/C13H10BrCl2FN2O2/c1-2-3-7-11(16)18-13(21)19(12(7)20)10-8(14)4-6(17)5-9(10)15/h4-5H,2-3H2,1H3,(H,18,21). The minimum Gasteiger partial charge on any atom is -0.297 e. The molecule has 0 amide bonds. The van der Waals surface area contributed by atoms with Crippen LogP contribution < -0.4 is 11.2 Å². The number of benzene rings is 1. The number of rotatable bonds is 3. The Bertz CT molecular complexity index is 794. The van der Waals surface area contributed by atoms with Crippen LogP contribution in [0.2, 0.25) is 10.2 Å². The van der Waals surface area contributed by atoms with E-state index < -0.39 is 17.1 Å². The third kappa shape index (κ3) is 3.07. The number of nitrogens with one attached hydrogen (secondary N) is 1. The van der Waals surface area contributed by atoms with E-state index in [9.17, 15) is 14.0 Å². The fraction of sp³-hybridized carbons (Fsp3) is 0.231. The molecule has 4 nitrogen and oxygen atoms in total. The lowest BCUT2D eigenvalue weighted by Crippen LogP contribution is -2.36. The number of H-pyrrole nitrogens is 1. The van der Waals surface area contributed by atoms with Crippen LogP contribution in [-0.4, -0.2) is 9.55 Å². The second-order valence-electron chi connectivity index (χ2n) is 4.33. The SMILES string of the molecule is CCCc1c(Cl)[nH]c(=O)n(-c2c(Cl)cc(F)cc2Br)c1=O. The fourth-order valence-electron chi connectivity index (χ4n) is 1.96. The van der Waals surface area contributed by atoms with Gasteiger partial charge < -0.3 is 0 Å². The Hall–Kier alpha value is -1.11. The van der Waals surface area contributed by atoms with E-state index in [0.29, 0.717) is 12.8 Å². The molecule has 112 valence electrons. The molecule has 0 atom stereocenters. The minimum absolute atomic E-state index is 0.0115. The van der Waals surface area contributed by atoms with Crippen molar-refractivity contribution in [3.05, 3.63) is 59.0 Å². The zero-order chi connectivity index (χ0) is 15.7. The number of halogens is 4. The van der Waals surface area contributed by atoms with Gasteiger partial charge in [-0.05, 0) is 34.5 Å². The van der Waals surface area contributed by atoms with Gasteiger partial charge in [0.25, 0.3) is 5.56 Å². The Morgan fingerprint density at radius 3 is 2.57 bits per heavy atom. The van der Waals surface area contributed by atoms with Crippen LogP contribution in [0.25, 0.3) is 5.69 Å². The highest BCUT2D eigenvalue weighted by atomic mass is 79.9. The van der Waals surface area contributed by atoms with Crippen LogP contribution in [0, 0.1) is 5.82 Å². The van der Waals surface area contributed by atoms with Crippen LogP contribution in [0.4, 0.5) is 4.39 Å². The van der Waals surface area contributed by atoms with Crippen LogP contribution >= 0.6 is 39.1 Å². The molecule has 21 heavy (non-hydrogen) atoms. The van der Waals surface area contributed by atoms with Crippen LogP contribution in [-0.2, 0) is 6.42 Å². The lowest BCUT2D eigenvalue weighted by molar-refractivity contribution is 0.626. The number of hydrogen-bond donors (Lipinski definition) is 1. The third-order valence-corrected chi connectivity index (χ3v) is 4.07. The van der Waals surface area contributed by atoms with Gasteiger partial charge in [-0.2, -0.15) is 0 Å². The summed E-state index contributed by atoms with van der Waals surface area (Å²) in [5, 5.41) is -0.0447. The maximum atomic E-state index is 13.3.